The first-order valence-corrected chi connectivity index (χ1v) is 8.65. The molecule has 1 N–H and O–H groups in total. The first-order valence-electron chi connectivity index (χ1n) is 7.10. The summed E-state index contributed by atoms with van der Waals surface area (Å²) in [5.41, 5.74) is 0.381. The molecule has 0 aliphatic carbocycles. The van der Waals surface area contributed by atoms with E-state index in [4.69, 9.17) is 27.9 Å². The van der Waals surface area contributed by atoms with Crippen LogP contribution in [-0.4, -0.2) is 12.5 Å². The van der Waals surface area contributed by atoms with Crippen LogP contribution in [0.2, 0.25) is 10.0 Å². The van der Waals surface area contributed by atoms with E-state index in [1.54, 1.807) is 18.2 Å². The lowest BCUT2D eigenvalue weighted by Crippen LogP contribution is -2.20. The van der Waals surface area contributed by atoms with Crippen LogP contribution in [0.15, 0.2) is 59.1 Å². The number of hydrogen-bond acceptors (Lipinski definition) is 2. The van der Waals surface area contributed by atoms with E-state index in [-0.39, 0.29) is 12.5 Å². The highest BCUT2D eigenvalue weighted by atomic mass is 79.9. The highest BCUT2D eigenvalue weighted by molar-refractivity contribution is 9.10. The molecule has 24 heavy (non-hydrogen) atoms. The Morgan fingerprint density at radius 2 is 1.71 bits per heavy atom. The number of halogens is 3. The van der Waals surface area contributed by atoms with Gasteiger partial charge in [0, 0.05) is 0 Å². The van der Waals surface area contributed by atoms with Crippen LogP contribution in [0.1, 0.15) is 0 Å². The van der Waals surface area contributed by atoms with Crippen LogP contribution in [0.3, 0.4) is 0 Å². The van der Waals surface area contributed by atoms with Crippen molar-refractivity contribution < 1.29 is 9.53 Å². The van der Waals surface area contributed by atoms with Gasteiger partial charge in [-0.15, -0.1) is 0 Å². The fraction of sp³-hybridized carbons (Fsp3) is 0.0556. The molecule has 3 nitrogen and oxygen atoms in total. The molecule has 0 aliphatic heterocycles. The molecule has 122 valence electrons. The van der Waals surface area contributed by atoms with Gasteiger partial charge in [0.25, 0.3) is 5.91 Å². The number of ether oxygens (including phenoxy) is 1. The summed E-state index contributed by atoms with van der Waals surface area (Å²) < 4.78 is 6.42. The van der Waals surface area contributed by atoms with Crippen molar-refractivity contribution in [1.82, 2.24) is 0 Å². The number of carbonyl (C=O) groups is 1. The molecular weight excluding hydrogens is 413 g/mol. The normalized spacial score (nSPS) is 10.6. The first kappa shape index (κ1) is 17.1. The molecule has 0 spiro atoms. The second-order valence-electron chi connectivity index (χ2n) is 5.03. The van der Waals surface area contributed by atoms with Crippen LogP contribution in [0, 0.1) is 0 Å². The van der Waals surface area contributed by atoms with E-state index in [0.29, 0.717) is 21.5 Å². The highest BCUT2D eigenvalue weighted by Crippen LogP contribution is 2.33. The van der Waals surface area contributed by atoms with Gasteiger partial charge in [-0.05, 0) is 44.9 Å². The molecule has 6 heteroatoms. The maximum atomic E-state index is 12.1. The van der Waals surface area contributed by atoms with Crippen molar-refractivity contribution in [2.45, 2.75) is 0 Å². The van der Waals surface area contributed by atoms with Crippen molar-refractivity contribution in [3.8, 4) is 5.75 Å². The topological polar surface area (TPSA) is 38.3 Å². The summed E-state index contributed by atoms with van der Waals surface area (Å²) in [5, 5.41) is 5.52. The van der Waals surface area contributed by atoms with Crippen LogP contribution >= 0.6 is 39.1 Å². The van der Waals surface area contributed by atoms with Gasteiger partial charge in [-0.25, -0.2) is 0 Å². The summed E-state index contributed by atoms with van der Waals surface area (Å²) in [5.74, 6) is 0.249. The van der Waals surface area contributed by atoms with Crippen LogP contribution in [0.5, 0.6) is 5.75 Å². The molecule has 0 radical (unpaired) electrons. The molecule has 0 saturated carbocycles. The number of hydrogen-bond donors (Lipinski definition) is 1. The van der Waals surface area contributed by atoms with Gasteiger partial charge in [-0.1, -0.05) is 59.6 Å². The molecule has 3 aromatic rings. The summed E-state index contributed by atoms with van der Waals surface area (Å²) in [6.07, 6.45) is 0. The molecule has 0 heterocycles. The third kappa shape index (κ3) is 3.66. The van der Waals surface area contributed by atoms with Crippen molar-refractivity contribution in [2.75, 3.05) is 11.9 Å². The lowest BCUT2D eigenvalue weighted by atomic mass is 10.1. The molecule has 0 bridgehead atoms. The number of amides is 1. The second-order valence-corrected chi connectivity index (χ2v) is 6.64. The molecule has 0 aliphatic rings. The molecule has 3 aromatic carbocycles. The van der Waals surface area contributed by atoms with Crippen molar-refractivity contribution in [3.05, 3.63) is 69.1 Å². The molecule has 0 aromatic heterocycles. The van der Waals surface area contributed by atoms with Gasteiger partial charge in [0.1, 0.15) is 5.75 Å². The average molecular weight is 425 g/mol. The molecule has 1 amide bonds. The zero-order chi connectivity index (χ0) is 17.1. The van der Waals surface area contributed by atoms with Gasteiger partial charge in [0.15, 0.2) is 6.61 Å². The monoisotopic (exact) mass is 423 g/mol. The third-order valence-electron chi connectivity index (χ3n) is 3.41. The van der Waals surface area contributed by atoms with Gasteiger partial charge < -0.3 is 10.1 Å². The summed E-state index contributed by atoms with van der Waals surface area (Å²) in [6, 6.07) is 16.7. The minimum Gasteiger partial charge on any atom is -0.483 e. The van der Waals surface area contributed by atoms with Gasteiger partial charge in [-0.3, -0.25) is 4.79 Å². The van der Waals surface area contributed by atoms with Crippen LogP contribution in [-0.2, 0) is 4.79 Å². The predicted octanol–water partition coefficient (Wildman–Crippen LogP) is 5.93. The fourth-order valence-electron chi connectivity index (χ4n) is 2.26. The summed E-state index contributed by atoms with van der Waals surface area (Å²) >= 11 is 15.6. The SMILES string of the molecule is O=C(COc1ccc2ccccc2c1Br)Nc1c(Cl)cccc1Cl. The number of anilines is 1. The first-order chi connectivity index (χ1) is 11.6. The molecule has 0 fully saturated rings. The Bertz CT molecular complexity index is 894. The molecule has 0 saturated heterocycles. The fourth-order valence-corrected chi connectivity index (χ4v) is 3.36. The maximum Gasteiger partial charge on any atom is 0.262 e. The van der Waals surface area contributed by atoms with Crippen LogP contribution in [0.4, 0.5) is 5.69 Å². The van der Waals surface area contributed by atoms with Crippen molar-refractivity contribution in [2.24, 2.45) is 0 Å². The van der Waals surface area contributed by atoms with Gasteiger partial charge in [0.2, 0.25) is 0 Å². The van der Waals surface area contributed by atoms with Gasteiger partial charge in [-0.2, -0.15) is 0 Å². The smallest absolute Gasteiger partial charge is 0.262 e. The van der Waals surface area contributed by atoms with E-state index < -0.39 is 0 Å². The molecule has 0 unspecified atom stereocenters. The summed E-state index contributed by atoms with van der Waals surface area (Å²) in [7, 11) is 0. The van der Waals surface area contributed by atoms with E-state index in [0.717, 1.165) is 15.2 Å². The van der Waals surface area contributed by atoms with E-state index in [2.05, 4.69) is 21.2 Å². The summed E-state index contributed by atoms with van der Waals surface area (Å²) in [6.45, 7) is -0.154. The van der Waals surface area contributed by atoms with Gasteiger partial charge >= 0.3 is 0 Å². The Morgan fingerprint density at radius 3 is 2.46 bits per heavy atom. The largest absolute Gasteiger partial charge is 0.483 e. The lowest BCUT2D eigenvalue weighted by molar-refractivity contribution is -0.118. The predicted molar refractivity (Wildman–Crippen MR) is 102 cm³/mol. The van der Waals surface area contributed by atoms with Crippen LogP contribution in [0.25, 0.3) is 10.8 Å². The Labute approximate surface area is 157 Å². The Hall–Kier alpha value is -1.75. The third-order valence-corrected chi connectivity index (χ3v) is 4.86. The Morgan fingerprint density at radius 1 is 1.00 bits per heavy atom. The van der Waals surface area contributed by atoms with E-state index >= 15 is 0 Å². The minimum atomic E-state index is -0.343. The number of nitrogens with one attached hydrogen (secondary N) is 1. The quantitative estimate of drug-likeness (QED) is 0.563. The zero-order valence-electron chi connectivity index (χ0n) is 12.4. The van der Waals surface area contributed by atoms with Crippen molar-refractivity contribution in [1.29, 1.82) is 0 Å². The Kier molecular flexibility index (Phi) is 5.29. The second kappa shape index (κ2) is 7.43. The maximum absolute atomic E-state index is 12.1. The lowest BCUT2D eigenvalue weighted by Gasteiger charge is -2.12. The van der Waals surface area contributed by atoms with Crippen molar-refractivity contribution in [3.63, 3.8) is 0 Å². The number of rotatable bonds is 4. The molecular formula is C18H12BrCl2NO2. The van der Waals surface area contributed by atoms with E-state index in [1.807, 2.05) is 36.4 Å². The summed E-state index contributed by atoms with van der Waals surface area (Å²) in [4.78, 5) is 12.1. The highest BCUT2D eigenvalue weighted by Gasteiger charge is 2.12. The minimum absolute atomic E-state index is 0.154. The zero-order valence-corrected chi connectivity index (χ0v) is 15.5. The van der Waals surface area contributed by atoms with E-state index in [9.17, 15) is 4.79 Å². The number of para-hydroxylation sites is 1. The molecule has 0 atom stereocenters. The Balaban J connectivity index is 1.72. The number of carbonyl (C=O) groups excluding carboxylic acids is 1. The van der Waals surface area contributed by atoms with Crippen LogP contribution < -0.4 is 10.1 Å². The average Bonchev–Trinajstić information content (AvgIpc) is 2.58. The van der Waals surface area contributed by atoms with E-state index in [1.165, 1.54) is 0 Å². The number of benzene rings is 3. The molecule has 3 rings (SSSR count). The number of fused-ring (bicyclic) bond motifs is 1. The van der Waals surface area contributed by atoms with Gasteiger partial charge in [0.05, 0.1) is 20.2 Å². The standard InChI is InChI=1S/C18H12BrCl2NO2/c19-17-12-5-2-1-4-11(12)8-9-15(17)24-10-16(23)22-18-13(20)6-3-7-14(18)21/h1-9H,10H2,(H,22,23). The van der Waals surface area contributed by atoms with Crippen molar-refractivity contribution >= 4 is 61.5 Å².